The van der Waals surface area contributed by atoms with Crippen molar-refractivity contribution in [3.8, 4) is 0 Å². The first kappa shape index (κ1) is 13.5. The summed E-state index contributed by atoms with van der Waals surface area (Å²) < 4.78 is 0. The van der Waals surface area contributed by atoms with Crippen LogP contribution in [0.15, 0.2) is 54.3 Å². The fourth-order valence-electron chi connectivity index (χ4n) is 2.11. The van der Waals surface area contributed by atoms with E-state index >= 15 is 0 Å². The minimum atomic E-state index is -0.00870. The molecule has 0 spiro atoms. The van der Waals surface area contributed by atoms with Crippen LogP contribution in [0.5, 0.6) is 0 Å². The van der Waals surface area contributed by atoms with E-state index in [1.807, 2.05) is 48.6 Å². The van der Waals surface area contributed by atoms with Crippen molar-refractivity contribution in [1.82, 2.24) is 0 Å². The highest BCUT2D eigenvalue weighted by Crippen LogP contribution is 2.14. The number of benzene rings is 1. The van der Waals surface area contributed by atoms with Crippen molar-refractivity contribution < 1.29 is 9.86 Å². The third-order valence-electron chi connectivity index (χ3n) is 3.15. The van der Waals surface area contributed by atoms with Gasteiger partial charge in [-0.05, 0) is 24.3 Å². The summed E-state index contributed by atoms with van der Waals surface area (Å²) in [6.07, 6.45) is 6.19. The molecule has 1 aromatic carbocycles. The van der Waals surface area contributed by atoms with Gasteiger partial charge in [0.25, 0.3) is 0 Å². The zero-order chi connectivity index (χ0) is 13.7. The Morgan fingerprint density at radius 1 is 1.37 bits per heavy atom. The smallest absolute Gasteiger partial charge is 0.223 e. The van der Waals surface area contributed by atoms with Crippen LogP contribution < -0.4 is 9.96 Å². The largest absolute Gasteiger partial charge is 0.629 e. The molecule has 1 amide bonds. The van der Waals surface area contributed by atoms with Gasteiger partial charge in [-0.1, -0.05) is 24.3 Å². The second-order valence-corrected chi connectivity index (χ2v) is 4.50. The molecular formula is C15H18N2O2. The van der Waals surface area contributed by atoms with Crippen molar-refractivity contribution in [3.05, 3.63) is 59.5 Å². The van der Waals surface area contributed by atoms with Gasteiger partial charge in [0.05, 0.1) is 0 Å². The predicted octanol–water partition coefficient (Wildman–Crippen LogP) is 1.27. The molecule has 1 aliphatic rings. The summed E-state index contributed by atoms with van der Waals surface area (Å²) in [6, 6.07) is 9.52. The first-order valence-electron chi connectivity index (χ1n) is 6.40. The SMILES string of the molecule is CC(=O)N(CCC1=CC=CC[NH+]1[O-])c1ccccc1. The summed E-state index contributed by atoms with van der Waals surface area (Å²) in [6.45, 7) is 2.55. The van der Waals surface area contributed by atoms with Crippen LogP contribution in [0.2, 0.25) is 0 Å². The number of rotatable bonds is 4. The molecule has 0 aliphatic carbocycles. The molecule has 0 aromatic heterocycles. The molecule has 1 aliphatic heterocycles. The number of hydrogen-bond donors (Lipinski definition) is 1. The third kappa shape index (κ3) is 3.53. The van der Waals surface area contributed by atoms with E-state index in [1.54, 1.807) is 11.8 Å². The van der Waals surface area contributed by atoms with E-state index in [4.69, 9.17) is 0 Å². The van der Waals surface area contributed by atoms with E-state index in [-0.39, 0.29) is 11.0 Å². The second kappa shape index (κ2) is 6.31. The van der Waals surface area contributed by atoms with Gasteiger partial charge in [0.1, 0.15) is 12.2 Å². The molecule has 19 heavy (non-hydrogen) atoms. The molecule has 4 nitrogen and oxygen atoms in total. The van der Waals surface area contributed by atoms with Crippen LogP contribution in [0.25, 0.3) is 0 Å². The van der Waals surface area contributed by atoms with Crippen molar-refractivity contribution in [2.45, 2.75) is 13.3 Å². The standard InChI is InChI=1S/C15H18N2O2/c1-13(18)16(14-7-3-2-4-8-14)12-10-15-9-5-6-11-17(15)19/h2-9,17H,10-12H2,1H3. The van der Waals surface area contributed by atoms with Gasteiger partial charge in [-0.15, -0.1) is 0 Å². The highest BCUT2D eigenvalue weighted by atomic mass is 16.5. The lowest BCUT2D eigenvalue weighted by atomic mass is 10.2. The molecule has 0 saturated carbocycles. The van der Waals surface area contributed by atoms with Gasteiger partial charge in [-0.2, -0.15) is 0 Å². The Morgan fingerprint density at radius 2 is 2.11 bits per heavy atom. The normalized spacial score (nSPS) is 18.0. The first-order chi connectivity index (χ1) is 9.18. The number of hydroxylamine groups is 2. The Hall–Kier alpha value is -1.91. The highest BCUT2D eigenvalue weighted by Gasteiger charge is 2.14. The van der Waals surface area contributed by atoms with Crippen LogP contribution in [0.1, 0.15) is 13.3 Å². The van der Waals surface area contributed by atoms with E-state index in [1.165, 1.54) is 0 Å². The zero-order valence-corrected chi connectivity index (χ0v) is 11.0. The van der Waals surface area contributed by atoms with Gasteiger partial charge in [0.2, 0.25) is 5.91 Å². The summed E-state index contributed by atoms with van der Waals surface area (Å²) >= 11 is 0. The Bertz CT molecular complexity index is 494. The van der Waals surface area contributed by atoms with Crippen LogP contribution in [0.4, 0.5) is 5.69 Å². The zero-order valence-electron chi connectivity index (χ0n) is 11.0. The Morgan fingerprint density at radius 3 is 2.74 bits per heavy atom. The van der Waals surface area contributed by atoms with E-state index in [9.17, 15) is 10.0 Å². The van der Waals surface area contributed by atoms with Crippen LogP contribution in [0.3, 0.4) is 0 Å². The third-order valence-corrected chi connectivity index (χ3v) is 3.15. The Labute approximate surface area is 113 Å². The fraction of sp³-hybridized carbons (Fsp3) is 0.267. The molecule has 0 radical (unpaired) electrons. The van der Waals surface area contributed by atoms with Crippen LogP contribution >= 0.6 is 0 Å². The van der Waals surface area contributed by atoms with E-state index in [0.717, 1.165) is 11.4 Å². The van der Waals surface area contributed by atoms with Crippen molar-refractivity contribution in [2.75, 3.05) is 18.0 Å². The van der Waals surface area contributed by atoms with Crippen LogP contribution in [-0.4, -0.2) is 19.0 Å². The van der Waals surface area contributed by atoms with Gasteiger partial charge in [0.15, 0.2) is 0 Å². The molecule has 1 aromatic rings. The lowest BCUT2D eigenvalue weighted by Gasteiger charge is -2.27. The molecule has 2 rings (SSSR count). The summed E-state index contributed by atoms with van der Waals surface area (Å²) in [5.74, 6) is -0.00870. The van der Waals surface area contributed by atoms with Gasteiger partial charge >= 0.3 is 0 Å². The van der Waals surface area contributed by atoms with E-state index < -0.39 is 0 Å². The molecule has 1 N–H and O–H groups in total. The molecule has 1 heterocycles. The minimum Gasteiger partial charge on any atom is -0.629 e. The molecule has 100 valence electrons. The summed E-state index contributed by atoms with van der Waals surface area (Å²) in [5, 5.41) is 11.8. The number of quaternary nitrogens is 1. The lowest BCUT2D eigenvalue weighted by Crippen LogP contribution is -3.05. The number of hydrogen-bond acceptors (Lipinski definition) is 2. The van der Waals surface area contributed by atoms with E-state index in [0.29, 0.717) is 19.5 Å². The summed E-state index contributed by atoms with van der Waals surface area (Å²) in [7, 11) is 0. The molecule has 1 atom stereocenters. The molecule has 0 fully saturated rings. The highest BCUT2D eigenvalue weighted by molar-refractivity contribution is 5.91. The number of nitrogens with one attached hydrogen (secondary N) is 1. The number of carbonyl (C=O) groups excluding carboxylic acids is 1. The van der Waals surface area contributed by atoms with Crippen molar-refractivity contribution in [2.24, 2.45) is 0 Å². The summed E-state index contributed by atoms with van der Waals surface area (Å²) in [4.78, 5) is 13.4. The van der Waals surface area contributed by atoms with Crippen molar-refractivity contribution >= 4 is 11.6 Å². The topological polar surface area (TPSA) is 47.8 Å². The Balaban J connectivity index is 2.04. The fourth-order valence-corrected chi connectivity index (χ4v) is 2.11. The average molecular weight is 258 g/mol. The maximum absolute atomic E-state index is 11.7. The number of anilines is 1. The van der Waals surface area contributed by atoms with Crippen molar-refractivity contribution in [1.29, 1.82) is 0 Å². The molecular weight excluding hydrogens is 240 g/mol. The number of carbonyl (C=O) groups is 1. The van der Waals surface area contributed by atoms with Gasteiger partial charge < -0.3 is 15.2 Å². The number of amides is 1. The lowest BCUT2D eigenvalue weighted by molar-refractivity contribution is -0.801. The summed E-state index contributed by atoms with van der Waals surface area (Å²) in [5.41, 5.74) is 1.67. The van der Waals surface area contributed by atoms with E-state index in [2.05, 4.69) is 0 Å². The van der Waals surface area contributed by atoms with Gasteiger partial charge in [-0.3, -0.25) is 4.79 Å². The maximum atomic E-state index is 11.7. The van der Waals surface area contributed by atoms with Crippen LogP contribution in [0, 0.1) is 5.21 Å². The number of nitrogens with zero attached hydrogens (tertiary/aromatic N) is 1. The molecule has 0 saturated heterocycles. The van der Waals surface area contributed by atoms with Crippen molar-refractivity contribution in [3.63, 3.8) is 0 Å². The second-order valence-electron chi connectivity index (χ2n) is 4.50. The minimum absolute atomic E-state index is 0.00870. The average Bonchev–Trinajstić information content (AvgIpc) is 2.42. The predicted molar refractivity (Wildman–Crippen MR) is 75.5 cm³/mol. The first-order valence-corrected chi connectivity index (χ1v) is 6.40. The number of allylic oxidation sites excluding steroid dienone is 2. The number of para-hydroxylation sites is 1. The monoisotopic (exact) mass is 258 g/mol. The van der Waals surface area contributed by atoms with Gasteiger partial charge in [-0.25, -0.2) is 0 Å². The maximum Gasteiger partial charge on any atom is 0.223 e. The molecule has 1 unspecified atom stereocenters. The van der Waals surface area contributed by atoms with Gasteiger partial charge in [0, 0.05) is 25.6 Å². The molecule has 4 heteroatoms. The Kier molecular flexibility index (Phi) is 4.49. The quantitative estimate of drug-likeness (QED) is 0.827. The molecule has 0 bridgehead atoms. The van der Waals surface area contributed by atoms with Crippen LogP contribution in [-0.2, 0) is 4.79 Å².